The number of nitrogens with one attached hydrogen (secondary N) is 3. The lowest BCUT2D eigenvalue weighted by molar-refractivity contribution is -0.129. The first-order valence-electron chi connectivity index (χ1n) is 13.3. The topological polar surface area (TPSA) is 166 Å². The molecule has 1 unspecified atom stereocenters. The zero-order chi connectivity index (χ0) is 30.0. The Labute approximate surface area is 238 Å². The molecule has 222 valence electrons. The van der Waals surface area contributed by atoms with E-state index in [0.29, 0.717) is 5.75 Å². The van der Waals surface area contributed by atoms with E-state index in [4.69, 9.17) is 16.3 Å². The summed E-state index contributed by atoms with van der Waals surface area (Å²) in [6.07, 6.45) is 9.68. The van der Waals surface area contributed by atoms with E-state index in [1.165, 1.54) is 28.5 Å². The van der Waals surface area contributed by atoms with Crippen molar-refractivity contribution in [3.05, 3.63) is 34.9 Å². The van der Waals surface area contributed by atoms with Gasteiger partial charge in [0.25, 0.3) is 5.91 Å². The third-order valence-electron chi connectivity index (χ3n) is 5.42. The van der Waals surface area contributed by atoms with Gasteiger partial charge in [-0.05, 0) is 80.6 Å². The molecule has 11 heteroatoms. The van der Waals surface area contributed by atoms with Gasteiger partial charge in [-0.15, -0.1) is 0 Å². The van der Waals surface area contributed by atoms with Crippen LogP contribution in [0.25, 0.3) is 0 Å². The minimum Gasteiger partial charge on any atom is -0.444 e. The zero-order valence-corrected chi connectivity index (χ0v) is 25.5. The second-order valence-corrected chi connectivity index (χ2v) is 11.8. The van der Waals surface area contributed by atoms with Gasteiger partial charge in [-0.2, -0.15) is 11.8 Å². The molecule has 7 N–H and O–H groups in total. The minimum absolute atomic E-state index is 0.0463. The number of nitrogens with two attached hydrogens (primary N) is 2. The zero-order valence-electron chi connectivity index (χ0n) is 24.6. The Hall–Kier alpha value is -2.79. The molecule has 0 bridgehead atoms. The van der Waals surface area contributed by atoms with Crippen LogP contribution in [0.4, 0.5) is 4.79 Å². The number of ether oxygens (including phenoxy) is 1. The number of carbonyl (C=O) groups excluding carboxylic acids is 4. The van der Waals surface area contributed by atoms with Gasteiger partial charge in [-0.1, -0.05) is 34.9 Å². The first-order valence-corrected chi connectivity index (χ1v) is 14.4. The predicted molar refractivity (Wildman–Crippen MR) is 159 cm³/mol. The van der Waals surface area contributed by atoms with Gasteiger partial charge in [-0.25, -0.2) is 10.6 Å². The van der Waals surface area contributed by atoms with Gasteiger partial charge in [0.05, 0.1) is 0 Å². The molecule has 0 aliphatic heterocycles. The molecule has 0 aromatic rings. The maximum Gasteiger partial charge on any atom is 0.408 e. The summed E-state index contributed by atoms with van der Waals surface area (Å²) in [7, 11) is 0. The quantitative estimate of drug-likeness (QED) is 0.0586. The fourth-order valence-electron chi connectivity index (χ4n) is 3.29. The van der Waals surface area contributed by atoms with E-state index in [0.717, 1.165) is 25.7 Å². The van der Waals surface area contributed by atoms with Crippen molar-refractivity contribution < 1.29 is 23.9 Å². The van der Waals surface area contributed by atoms with E-state index >= 15 is 0 Å². The summed E-state index contributed by atoms with van der Waals surface area (Å²) in [6, 6.07) is -2.06. The number of hydrogen-bond acceptors (Lipinski definition) is 7. The van der Waals surface area contributed by atoms with Gasteiger partial charge in [0.15, 0.2) is 0 Å². The number of hydrazine groups is 1. The molecular weight excluding hydrogens is 518 g/mol. The summed E-state index contributed by atoms with van der Waals surface area (Å²) in [5, 5.41) is 5.06. The summed E-state index contributed by atoms with van der Waals surface area (Å²) < 4.78 is 5.21. The highest BCUT2D eigenvalue weighted by molar-refractivity contribution is 7.99. The second kappa shape index (κ2) is 19.3. The van der Waals surface area contributed by atoms with Gasteiger partial charge in [-0.3, -0.25) is 19.8 Å². The molecule has 0 aromatic heterocycles. The Bertz CT molecular complexity index is 905. The molecule has 0 aliphatic carbocycles. The largest absolute Gasteiger partial charge is 0.444 e. The van der Waals surface area contributed by atoms with E-state index in [1.54, 1.807) is 20.8 Å². The van der Waals surface area contributed by atoms with Crippen molar-refractivity contribution in [1.82, 2.24) is 16.1 Å². The summed E-state index contributed by atoms with van der Waals surface area (Å²) in [5.74, 6) is 4.39. The molecule has 0 saturated carbocycles. The van der Waals surface area contributed by atoms with E-state index in [9.17, 15) is 19.2 Å². The molecule has 0 fully saturated rings. The lowest BCUT2D eigenvalue weighted by Crippen LogP contribution is -2.56. The lowest BCUT2D eigenvalue weighted by Gasteiger charge is -2.24. The molecule has 0 aromatic carbocycles. The number of alkyl carbamates (subject to hydrolysis) is 1. The minimum atomic E-state index is -1.12. The molecule has 0 saturated heterocycles. The fourth-order valence-corrected chi connectivity index (χ4v) is 4.30. The average molecular weight is 568 g/mol. The number of hydrogen-bond donors (Lipinski definition) is 5. The molecule has 0 heterocycles. The molecule has 10 nitrogen and oxygen atoms in total. The van der Waals surface area contributed by atoms with Crippen molar-refractivity contribution in [2.24, 2.45) is 11.6 Å². The van der Waals surface area contributed by atoms with Gasteiger partial charge >= 0.3 is 6.09 Å². The van der Waals surface area contributed by atoms with Crippen LogP contribution in [-0.2, 0) is 19.1 Å². The highest BCUT2D eigenvalue weighted by Gasteiger charge is 2.28. The van der Waals surface area contributed by atoms with Crippen LogP contribution in [-0.4, -0.2) is 53.0 Å². The van der Waals surface area contributed by atoms with Crippen LogP contribution in [0.15, 0.2) is 34.9 Å². The van der Waals surface area contributed by atoms with Crippen LogP contribution in [0.1, 0.15) is 87.0 Å². The third-order valence-corrected chi connectivity index (χ3v) is 6.39. The molecular formula is C28H49N5O5S. The van der Waals surface area contributed by atoms with Gasteiger partial charge in [0, 0.05) is 17.9 Å². The number of thioether (sulfide) groups is 1. The summed E-state index contributed by atoms with van der Waals surface area (Å²) in [4.78, 5) is 48.7. The standard InChI is InChI=1S/C28H49N5O5S/c1-19(2)10-8-11-20(3)12-9-13-21(4)16-17-39-18-23(26(36)33-30)31-25(35)22(14-15-24(29)34)32-27(37)38-28(5,6)7/h10,12,16,22-23H,8-9,11,13-15,17-18,30H2,1-7H3,(H2,29,34)(H,31,35)(H,32,37)(H,33,36)/b20-12+,21-16+/t22?,23-/m0/s1. The molecule has 0 spiro atoms. The van der Waals surface area contributed by atoms with Crippen molar-refractivity contribution in [2.75, 3.05) is 11.5 Å². The van der Waals surface area contributed by atoms with Crippen molar-refractivity contribution >= 4 is 35.6 Å². The maximum absolute atomic E-state index is 12.9. The summed E-state index contributed by atoms with van der Waals surface area (Å²) in [5.41, 5.74) is 10.5. The monoisotopic (exact) mass is 567 g/mol. The normalized spacial score (nSPS) is 13.6. The average Bonchev–Trinajstić information content (AvgIpc) is 2.81. The lowest BCUT2D eigenvalue weighted by atomic mass is 10.1. The molecule has 2 atom stereocenters. The van der Waals surface area contributed by atoms with E-state index in [2.05, 4.69) is 62.0 Å². The Morgan fingerprint density at radius 1 is 0.846 bits per heavy atom. The number of allylic oxidation sites excluding steroid dienone is 5. The predicted octanol–water partition coefficient (Wildman–Crippen LogP) is 3.77. The SMILES string of the molecule is CC(C)=CCC/C(C)=C/CC/C(C)=C/CSC[C@H](NC(=O)C(CCC(N)=O)NC(=O)OC(C)(C)C)C(=O)NN. The fraction of sp³-hybridized carbons (Fsp3) is 0.643. The molecule has 39 heavy (non-hydrogen) atoms. The number of amides is 4. The third kappa shape index (κ3) is 19.9. The van der Waals surface area contributed by atoms with Gasteiger partial charge in [0.2, 0.25) is 11.8 Å². The van der Waals surface area contributed by atoms with Crippen molar-refractivity contribution in [2.45, 2.75) is 105 Å². The van der Waals surface area contributed by atoms with Crippen molar-refractivity contribution in [1.29, 1.82) is 0 Å². The van der Waals surface area contributed by atoms with Crippen LogP contribution >= 0.6 is 11.8 Å². The molecule has 4 amide bonds. The molecule has 0 aliphatic rings. The Morgan fingerprint density at radius 2 is 1.44 bits per heavy atom. The number of carbonyl (C=O) groups is 4. The Balaban J connectivity index is 4.96. The van der Waals surface area contributed by atoms with E-state index in [-0.39, 0.29) is 18.6 Å². The van der Waals surface area contributed by atoms with E-state index in [1.807, 2.05) is 0 Å². The van der Waals surface area contributed by atoms with Gasteiger partial charge in [0.1, 0.15) is 17.7 Å². The van der Waals surface area contributed by atoms with Crippen molar-refractivity contribution in [3.63, 3.8) is 0 Å². The highest BCUT2D eigenvalue weighted by atomic mass is 32.2. The molecule has 0 radical (unpaired) electrons. The van der Waals surface area contributed by atoms with Crippen LogP contribution < -0.4 is 27.6 Å². The van der Waals surface area contributed by atoms with Crippen LogP contribution in [0.2, 0.25) is 0 Å². The highest BCUT2D eigenvalue weighted by Crippen LogP contribution is 2.13. The number of primary amides is 1. The second-order valence-electron chi connectivity index (χ2n) is 10.8. The summed E-state index contributed by atoms with van der Waals surface area (Å²) in [6.45, 7) is 13.5. The summed E-state index contributed by atoms with van der Waals surface area (Å²) >= 11 is 1.47. The van der Waals surface area contributed by atoms with Crippen LogP contribution in [0, 0.1) is 0 Å². The van der Waals surface area contributed by atoms with Crippen molar-refractivity contribution in [3.8, 4) is 0 Å². The first-order chi connectivity index (χ1) is 18.1. The Kier molecular flexibility index (Phi) is 17.9. The maximum atomic E-state index is 12.9. The van der Waals surface area contributed by atoms with Gasteiger partial charge < -0.3 is 21.1 Å². The van der Waals surface area contributed by atoms with Crippen LogP contribution in [0.3, 0.4) is 0 Å². The van der Waals surface area contributed by atoms with E-state index < -0.39 is 41.5 Å². The van der Waals surface area contributed by atoms with Crippen LogP contribution in [0.5, 0.6) is 0 Å². The number of rotatable bonds is 17. The first kappa shape index (κ1) is 36.2. The molecule has 0 rings (SSSR count). The smallest absolute Gasteiger partial charge is 0.408 e. The Morgan fingerprint density at radius 3 is 1.97 bits per heavy atom.